The van der Waals surface area contributed by atoms with Gasteiger partial charge in [0, 0.05) is 24.0 Å². The lowest BCUT2D eigenvalue weighted by molar-refractivity contribution is 0.0272. The van der Waals surface area contributed by atoms with E-state index in [1.807, 2.05) is 6.08 Å². The van der Waals surface area contributed by atoms with Crippen LogP contribution in [0.3, 0.4) is 0 Å². The van der Waals surface area contributed by atoms with Crippen LogP contribution in [0.4, 0.5) is 0 Å². The van der Waals surface area contributed by atoms with Crippen LogP contribution in [0.1, 0.15) is 33.1 Å². The maximum Gasteiger partial charge on any atom is 0.0502 e. The van der Waals surface area contributed by atoms with E-state index in [1.54, 1.807) is 0 Å². The zero-order valence-electron chi connectivity index (χ0n) is 10.7. The Morgan fingerprint density at radius 1 is 1.56 bits per heavy atom. The summed E-state index contributed by atoms with van der Waals surface area (Å²) in [6.07, 6.45) is 5.06. The number of nitrogens with two attached hydrogens (primary N) is 1. The van der Waals surface area contributed by atoms with Crippen LogP contribution < -0.4 is 5.73 Å². The highest BCUT2D eigenvalue weighted by molar-refractivity contribution is 4.93. The van der Waals surface area contributed by atoms with Crippen molar-refractivity contribution < 1.29 is 5.11 Å². The molecule has 0 saturated carbocycles. The molecule has 1 rings (SSSR count). The van der Waals surface area contributed by atoms with E-state index in [9.17, 15) is 5.11 Å². The molecule has 0 spiro atoms. The summed E-state index contributed by atoms with van der Waals surface area (Å²) >= 11 is 0. The summed E-state index contributed by atoms with van der Waals surface area (Å²) in [5.74, 6) is 0. The minimum absolute atomic E-state index is 0.0191. The molecular formula is C13H26N2O. The van der Waals surface area contributed by atoms with Gasteiger partial charge in [-0.05, 0) is 39.7 Å². The predicted molar refractivity (Wildman–Crippen MR) is 68.3 cm³/mol. The molecule has 0 aliphatic carbocycles. The Morgan fingerprint density at radius 3 is 2.75 bits per heavy atom. The average Bonchev–Trinajstić information content (AvgIpc) is 2.16. The number of likely N-dealkylation sites (tertiary alicyclic amines) is 1. The molecule has 0 aromatic heterocycles. The van der Waals surface area contributed by atoms with E-state index in [0.717, 1.165) is 38.9 Å². The third-order valence-electron chi connectivity index (χ3n) is 3.28. The molecule has 0 aromatic carbocycles. The second kappa shape index (κ2) is 5.30. The van der Waals surface area contributed by atoms with Crippen molar-refractivity contribution in [2.45, 2.75) is 38.6 Å². The lowest BCUT2D eigenvalue weighted by Crippen LogP contribution is -2.52. The van der Waals surface area contributed by atoms with Gasteiger partial charge in [0.1, 0.15) is 0 Å². The number of aliphatic hydroxyl groups is 1. The second-order valence-electron chi connectivity index (χ2n) is 5.95. The first kappa shape index (κ1) is 13.7. The number of allylic oxidation sites excluding steroid dienone is 1. The third kappa shape index (κ3) is 3.89. The number of aliphatic hydroxyl groups excluding tert-OH is 1. The Labute approximate surface area is 99.3 Å². The summed E-state index contributed by atoms with van der Waals surface area (Å²) < 4.78 is 0. The molecule has 0 radical (unpaired) electrons. The zero-order chi connectivity index (χ0) is 12.2. The molecule has 1 aliphatic rings. The van der Waals surface area contributed by atoms with Crippen molar-refractivity contribution >= 4 is 0 Å². The molecule has 0 aromatic rings. The standard InChI is InChI=1S/C13H26N2O/c1-4-6-13(11-16)7-5-8-15(10-13)9-12(2,3)14/h4,16H,1,5-11,14H2,2-3H3/t13-/m0/s1. The normalized spacial score (nSPS) is 28.0. The number of nitrogens with zero attached hydrogens (tertiary/aromatic N) is 1. The number of rotatable bonds is 5. The first-order chi connectivity index (χ1) is 7.41. The monoisotopic (exact) mass is 226 g/mol. The zero-order valence-corrected chi connectivity index (χ0v) is 10.7. The molecule has 1 aliphatic heterocycles. The first-order valence-corrected chi connectivity index (χ1v) is 6.14. The summed E-state index contributed by atoms with van der Waals surface area (Å²) in [6, 6.07) is 0. The maximum absolute atomic E-state index is 9.58. The molecular weight excluding hydrogens is 200 g/mol. The topological polar surface area (TPSA) is 49.5 Å². The maximum atomic E-state index is 9.58. The van der Waals surface area contributed by atoms with E-state index in [4.69, 9.17) is 5.73 Å². The van der Waals surface area contributed by atoms with Crippen molar-refractivity contribution in [2.24, 2.45) is 11.1 Å². The fraction of sp³-hybridized carbons (Fsp3) is 0.846. The molecule has 1 atom stereocenters. The van der Waals surface area contributed by atoms with Gasteiger partial charge in [0.05, 0.1) is 6.61 Å². The van der Waals surface area contributed by atoms with Crippen molar-refractivity contribution in [1.29, 1.82) is 0 Å². The minimum Gasteiger partial charge on any atom is -0.396 e. The van der Waals surface area contributed by atoms with Gasteiger partial charge >= 0.3 is 0 Å². The van der Waals surface area contributed by atoms with Crippen molar-refractivity contribution in [1.82, 2.24) is 4.90 Å². The molecule has 0 unspecified atom stereocenters. The number of piperidine rings is 1. The van der Waals surface area contributed by atoms with Gasteiger partial charge in [-0.2, -0.15) is 0 Å². The van der Waals surface area contributed by atoms with Crippen LogP contribution in [0.25, 0.3) is 0 Å². The van der Waals surface area contributed by atoms with Crippen LogP contribution in [0.15, 0.2) is 12.7 Å². The molecule has 3 heteroatoms. The number of hydrogen-bond donors (Lipinski definition) is 2. The van der Waals surface area contributed by atoms with E-state index < -0.39 is 0 Å². The Hall–Kier alpha value is -0.380. The lowest BCUT2D eigenvalue weighted by atomic mass is 9.77. The SMILES string of the molecule is C=CC[C@]1(CO)CCCN(CC(C)(C)N)C1. The second-order valence-corrected chi connectivity index (χ2v) is 5.95. The quantitative estimate of drug-likeness (QED) is 0.696. The highest BCUT2D eigenvalue weighted by Crippen LogP contribution is 2.33. The molecule has 0 bridgehead atoms. The molecule has 1 saturated heterocycles. The Kier molecular flexibility index (Phi) is 4.53. The van der Waals surface area contributed by atoms with Gasteiger partial charge in [-0.25, -0.2) is 0 Å². The fourth-order valence-electron chi connectivity index (χ4n) is 2.69. The molecule has 0 amide bonds. The summed E-state index contributed by atoms with van der Waals surface area (Å²) in [6.45, 7) is 11.1. The largest absolute Gasteiger partial charge is 0.396 e. The van der Waals surface area contributed by atoms with E-state index >= 15 is 0 Å². The van der Waals surface area contributed by atoms with Gasteiger partial charge in [0.2, 0.25) is 0 Å². The van der Waals surface area contributed by atoms with Gasteiger partial charge in [0.15, 0.2) is 0 Å². The summed E-state index contributed by atoms with van der Waals surface area (Å²) in [7, 11) is 0. The van der Waals surface area contributed by atoms with Crippen molar-refractivity contribution in [2.75, 3.05) is 26.2 Å². The summed E-state index contributed by atoms with van der Waals surface area (Å²) in [5, 5.41) is 9.58. The van der Waals surface area contributed by atoms with Crippen molar-refractivity contribution in [3.63, 3.8) is 0 Å². The molecule has 1 heterocycles. The first-order valence-electron chi connectivity index (χ1n) is 6.14. The van der Waals surface area contributed by atoms with Crippen molar-refractivity contribution in [3.8, 4) is 0 Å². The molecule has 16 heavy (non-hydrogen) atoms. The van der Waals surface area contributed by atoms with Crippen LogP contribution in [0.5, 0.6) is 0 Å². The Bertz CT molecular complexity index is 235. The fourth-order valence-corrected chi connectivity index (χ4v) is 2.69. The highest BCUT2D eigenvalue weighted by atomic mass is 16.3. The van der Waals surface area contributed by atoms with E-state index in [2.05, 4.69) is 25.3 Å². The van der Waals surface area contributed by atoms with Crippen LogP contribution in [-0.2, 0) is 0 Å². The summed E-state index contributed by atoms with van der Waals surface area (Å²) in [5.41, 5.74) is 5.91. The minimum atomic E-state index is -0.160. The number of hydrogen-bond acceptors (Lipinski definition) is 3. The van der Waals surface area contributed by atoms with Crippen LogP contribution in [0.2, 0.25) is 0 Å². The lowest BCUT2D eigenvalue weighted by Gasteiger charge is -2.43. The average molecular weight is 226 g/mol. The Balaban J connectivity index is 2.60. The Morgan fingerprint density at radius 2 is 2.25 bits per heavy atom. The van der Waals surface area contributed by atoms with E-state index in [0.29, 0.717) is 0 Å². The third-order valence-corrected chi connectivity index (χ3v) is 3.28. The van der Waals surface area contributed by atoms with Crippen LogP contribution in [0, 0.1) is 5.41 Å². The van der Waals surface area contributed by atoms with E-state index in [1.165, 1.54) is 0 Å². The van der Waals surface area contributed by atoms with Gasteiger partial charge in [-0.1, -0.05) is 6.08 Å². The molecule has 3 nitrogen and oxygen atoms in total. The summed E-state index contributed by atoms with van der Waals surface area (Å²) in [4.78, 5) is 2.38. The van der Waals surface area contributed by atoms with Gasteiger partial charge in [0.25, 0.3) is 0 Å². The highest BCUT2D eigenvalue weighted by Gasteiger charge is 2.34. The van der Waals surface area contributed by atoms with Crippen molar-refractivity contribution in [3.05, 3.63) is 12.7 Å². The molecule has 3 N–H and O–H groups in total. The van der Waals surface area contributed by atoms with Gasteiger partial charge in [-0.3, -0.25) is 0 Å². The van der Waals surface area contributed by atoms with Gasteiger partial charge < -0.3 is 15.7 Å². The van der Waals surface area contributed by atoms with Crippen LogP contribution >= 0.6 is 0 Å². The smallest absolute Gasteiger partial charge is 0.0502 e. The van der Waals surface area contributed by atoms with Gasteiger partial charge in [-0.15, -0.1) is 6.58 Å². The van der Waals surface area contributed by atoms with Crippen LogP contribution in [-0.4, -0.2) is 41.8 Å². The molecule has 1 fully saturated rings. The predicted octanol–water partition coefficient (Wildman–Crippen LogP) is 1.37. The molecule has 94 valence electrons. The van der Waals surface area contributed by atoms with E-state index in [-0.39, 0.29) is 17.6 Å².